The largest absolute Gasteiger partial charge is 0.372 e. The van der Waals surface area contributed by atoms with Crippen LogP contribution in [-0.2, 0) is 18.0 Å². The Labute approximate surface area is 126 Å². The fourth-order valence-electron chi connectivity index (χ4n) is 1.93. The number of hydrazine groups is 1. The van der Waals surface area contributed by atoms with Crippen LogP contribution in [0.1, 0.15) is 11.1 Å². The summed E-state index contributed by atoms with van der Waals surface area (Å²) in [5.74, 6) is 5.36. The van der Waals surface area contributed by atoms with Gasteiger partial charge in [0.2, 0.25) is 0 Å². The molecule has 21 heavy (non-hydrogen) atoms. The summed E-state index contributed by atoms with van der Waals surface area (Å²) in [5, 5.41) is 11.6. The first-order valence-corrected chi connectivity index (χ1v) is 6.54. The summed E-state index contributed by atoms with van der Waals surface area (Å²) in [7, 11) is 0. The average molecular weight is 308 g/mol. The summed E-state index contributed by atoms with van der Waals surface area (Å²) in [4.78, 5) is 10.4. The normalized spacial score (nSPS) is 10.4. The standard InChI is InChI=1S/C14H14ClN3O3/c15-12-5-1-3-10(7-12)8-21-9-11-4-2-6-13(18(19)20)14(11)17-16/h1-7,17H,8-9,16H2. The van der Waals surface area contributed by atoms with Gasteiger partial charge in [-0.3, -0.25) is 16.0 Å². The van der Waals surface area contributed by atoms with Crippen molar-refractivity contribution in [2.75, 3.05) is 5.43 Å². The number of benzene rings is 2. The van der Waals surface area contributed by atoms with Crippen LogP contribution in [0.2, 0.25) is 5.02 Å². The van der Waals surface area contributed by atoms with Crippen LogP contribution >= 0.6 is 11.6 Å². The molecule has 0 amide bonds. The molecule has 0 heterocycles. The molecule has 0 bridgehead atoms. The lowest BCUT2D eigenvalue weighted by Gasteiger charge is -2.10. The molecule has 3 N–H and O–H groups in total. The van der Waals surface area contributed by atoms with Gasteiger partial charge in [0, 0.05) is 16.7 Å². The fraction of sp³-hybridized carbons (Fsp3) is 0.143. The first kappa shape index (κ1) is 15.2. The zero-order valence-electron chi connectivity index (χ0n) is 11.1. The number of hydrogen-bond donors (Lipinski definition) is 2. The molecule has 0 radical (unpaired) electrons. The number of rotatable bonds is 6. The molecule has 7 heteroatoms. The number of ether oxygens (including phenoxy) is 1. The van der Waals surface area contributed by atoms with E-state index in [0.29, 0.717) is 17.2 Å². The van der Waals surface area contributed by atoms with E-state index in [-0.39, 0.29) is 18.0 Å². The maximum Gasteiger partial charge on any atom is 0.294 e. The lowest BCUT2D eigenvalue weighted by Crippen LogP contribution is -2.12. The summed E-state index contributed by atoms with van der Waals surface area (Å²) < 4.78 is 5.56. The second-order valence-corrected chi connectivity index (χ2v) is 4.77. The molecule has 0 aliphatic rings. The van der Waals surface area contributed by atoms with Crippen LogP contribution in [0.4, 0.5) is 11.4 Å². The maximum atomic E-state index is 10.9. The molecule has 110 valence electrons. The smallest absolute Gasteiger partial charge is 0.294 e. The zero-order chi connectivity index (χ0) is 15.2. The van der Waals surface area contributed by atoms with Gasteiger partial charge >= 0.3 is 0 Å². The lowest BCUT2D eigenvalue weighted by atomic mass is 10.1. The van der Waals surface area contributed by atoms with E-state index < -0.39 is 4.92 Å². The molecule has 6 nitrogen and oxygen atoms in total. The Bertz CT molecular complexity index is 649. The highest BCUT2D eigenvalue weighted by Crippen LogP contribution is 2.28. The summed E-state index contributed by atoms with van der Waals surface area (Å²) in [6, 6.07) is 12.0. The Morgan fingerprint density at radius 1 is 1.24 bits per heavy atom. The van der Waals surface area contributed by atoms with Crippen molar-refractivity contribution in [1.82, 2.24) is 0 Å². The molecule has 0 unspecified atom stereocenters. The molecule has 0 saturated heterocycles. The van der Waals surface area contributed by atoms with Crippen molar-refractivity contribution in [3.05, 3.63) is 68.7 Å². The Morgan fingerprint density at radius 3 is 2.67 bits per heavy atom. The van der Waals surface area contributed by atoms with Crippen molar-refractivity contribution < 1.29 is 9.66 Å². The highest BCUT2D eigenvalue weighted by molar-refractivity contribution is 6.30. The van der Waals surface area contributed by atoms with E-state index in [0.717, 1.165) is 5.56 Å². The number of halogens is 1. The minimum atomic E-state index is -0.490. The number of nitro groups is 1. The molecular weight excluding hydrogens is 294 g/mol. The monoisotopic (exact) mass is 307 g/mol. The third-order valence-corrected chi connectivity index (χ3v) is 3.12. The van der Waals surface area contributed by atoms with Crippen LogP contribution in [0.15, 0.2) is 42.5 Å². The number of anilines is 1. The molecule has 0 aliphatic heterocycles. The Kier molecular flexibility index (Phi) is 5.10. The Balaban J connectivity index is 2.06. The van der Waals surface area contributed by atoms with E-state index in [4.69, 9.17) is 22.2 Å². The molecule has 0 spiro atoms. The molecule has 0 fully saturated rings. The number of para-hydroxylation sites is 1. The predicted octanol–water partition coefficient (Wildman–Crippen LogP) is 3.25. The summed E-state index contributed by atoms with van der Waals surface area (Å²) >= 11 is 5.89. The van der Waals surface area contributed by atoms with Crippen LogP contribution in [0.3, 0.4) is 0 Å². The third kappa shape index (κ3) is 3.91. The van der Waals surface area contributed by atoms with Crippen molar-refractivity contribution >= 4 is 23.0 Å². The second-order valence-electron chi connectivity index (χ2n) is 4.34. The molecule has 0 aliphatic carbocycles. The van der Waals surface area contributed by atoms with E-state index in [1.807, 2.05) is 12.1 Å². The van der Waals surface area contributed by atoms with Gasteiger partial charge in [0.25, 0.3) is 5.69 Å². The van der Waals surface area contributed by atoms with Crippen LogP contribution in [0, 0.1) is 10.1 Å². The SMILES string of the molecule is NNc1c(COCc2cccc(Cl)c2)cccc1[N+](=O)[O-]. The Morgan fingerprint density at radius 2 is 2.00 bits per heavy atom. The van der Waals surface area contributed by atoms with Crippen LogP contribution < -0.4 is 11.3 Å². The van der Waals surface area contributed by atoms with Gasteiger partial charge in [0.15, 0.2) is 0 Å². The number of nitro benzene ring substituents is 1. The summed E-state index contributed by atoms with van der Waals surface area (Å²) in [6.45, 7) is 0.557. The van der Waals surface area contributed by atoms with E-state index in [1.54, 1.807) is 24.3 Å². The molecule has 0 aromatic heterocycles. The number of nitrogens with two attached hydrogens (primary N) is 1. The van der Waals surface area contributed by atoms with Gasteiger partial charge in [-0.05, 0) is 17.7 Å². The van der Waals surface area contributed by atoms with Gasteiger partial charge < -0.3 is 10.2 Å². The first-order chi connectivity index (χ1) is 10.1. The number of nitrogens with one attached hydrogen (secondary N) is 1. The number of hydrogen-bond acceptors (Lipinski definition) is 5. The van der Waals surface area contributed by atoms with Crippen molar-refractivity contribution in [2.45, 2.75) is 13.2 Å². The quantitative estimate of drug-likeness (QED) is 0.485. The van der Waals surface area contributed by atoms with Crippen molar-refractivity contribution in [2.24, 2.45) is 5.84 Å². The number of nitrogens with zero attached hydrogens (tertiary/aromatic N) is 1. The minimum absolute atomic E-state index is 0.0821. The molecular formula is C14H14ClN3O3. The third-order valence-electron chi connectivity index (χ3n) is 2.89. The predicted molar refractivity (Wildman–Crippen MR) is 80.9 cm³/mol. The highest BCUT2D eigenvalue weighted by Gasteiger charge is 2.16. The van der Waals surface area contributed by atoms with Crippen molar-refractivity contribution in [3.8, 4) is 0 Å². The maximum absolute atomic E-state index is 10.9. The van der Waals surface area contributed by atoms with Gasteiger partial charge in [0.1, 0.15) is 5.69 Å². The summed E-state index contributed by atoms with van der Waals surface area (Å²) in [5.41, 5.74) is 4.08. The van der Waals surface area contributed by atoms with Gasteiger partial charge in [-0.1, -0.05) is 35.9 Å². The van der Waals surface area contributed by atoms with E-state index >= 15 is 0 Å². The molecule has 2 rings (SSSR count). The molecule has 0 atom stereocenters. The van der Waals surface area contributed by atoms with Gasteiger partial charge in [0.05, 0.1) is 18.1 Å². The number of nitrogen functional groups attached to an aromatic ring is 1. The van der Waals surface area contributed by atoms with E-state index in [2.05, 4.69) is 5.43 Å². The van der Waals surface area contributed by atoms with Gasteiger partial charge in [-0.2, -0.15) is 0 Å². The van der Waals surface area contributed by atoms with Crippen LogP contribution in [0.5, 0.6) is 0 Å². The van der Waals surface area contributed by atoms with E-state index in [9.17, 15) is 10.1 Å². The Hall–Kier alpha value is -2.15. The first-order valence-electron chi connectivity index (χ1n) is 6.17. The fourth-order valence-corrected chi connectivity index (χ4v) is 2.14. The average Bonchev–Trinajstić information content (AvgIpc) is 2.47. The molecule has 0 saturated carbocycles. The van der Waals surface area contributed by atoms with Gasteiger partial charge in [-0.25, -0.2) is 0 Å². The zero-order valence-corrected chi connectivity index (χ0v) is 11.8. The van der Waals surface area contributed by atoms with Crippen LogP contribution in [-0.4, -0.2) is 4.92 Å². The van der Waals surface area contributed by atoms with Crippen molar-refractivity contribution in [3.63, 3.8) is 0 Å². The van der Waals surface area contributed by atoms with E-state index in [1.165, 1.54) is 6.07 Å². The minimum Gasteiger partial charge on any atom is -0.372 e. The lowest BCUT2D eigenvalue weighted by molar-refractivity contribution is -0.384. The van der Waals surface area contributed by atoms with Gasteiger partial charge in [-0.15, -0.1) is 0 Å². The van der Waals surface area contributed by atoms with Crippen LogP contribution in [0.25, 0.3) is 0 Å². The summed E-state index contributed by atoms with van der Waals surface area (Å²) in [6.07, 6.45) is 0. The topological polar surface area (TPSA) is 90.4 Å². The highest BCUT2D eigenvalue weighted by atomic mass is 35.5. The molecule has 2 aromatic rings. The second kappa shape index (κ2) is 7.03. The van der Waals surface area contributed by atoms with Crippen molar-refractivity contribution in [1.29, 1.82) is 0 Å². The molecule has 2 aromatic carbocycles.